The Balaban J connectivity index is 0.00000686. The predicted octanol–water partition coefficient (Wildman–Crippen LogP) is 20.4. The number of fused-ring (bicyclic) bond motifs is 10. The molecule has 0 saturated heterocycles. The molecular formula is C83H58N6OPt-2. The monoisotopic (exact) mass is 1350 g/mol. The average Bonchev–Trinajstić information content (AvgIpc) is 1.66. The van der Waals surface area contributed by atoms with Crippen molar-refractivity contribution in [2.75, 3.05) is 0 Å². The van der Waals surface area contributed by atoms with Gasteiger partial charge in [-0.3, -0.25) is 4.57 Å². The quantitative estimate of drug-likeness (QED) is 0.0957. The van der Waals surface area contributed by atoms with Crippen LogP contribution in [0.15, 0.2) is 285 Å². The first-order valence-corrected chi connectivity index (χ1v) is 30.5. The molecule has 0 aliphatic carbocycles. The van der Waals surface area contributed by atoms with Crippen LogP contribution in [0, 0.1) is 23.9 Å². The summed E-state index contributed by atoms with van der Waals surface area (Å²) < 4.78 is 38.4. The third-order valence-electron chi connectivity index (χ3n) is 17.3. The number of hydrogen-bond acceptors (Lipinski definition) is 2. The molecule has 0 unspecified atom stereocenters. The first kappa shape index (κ1) is 53.2. The van der Waals surface area contributed by atoms with Gasteiger partial charge in [0.1, 0.15) is 5.82 Å². The van der Waals surface area contributed by atoms with Gasteiger partial charge in [0.25, 0.3) is 6.33 Å². The first-order chi connectivity index (χ1) is 45.0. The van der Waals surface area contributed by atoms with Crippen LogP contribution in [0.3, 0.4) is 0 Å². The van der Waals surface area contributed by atoms with Gasteiger partial charge in [0, 0.05) is 85.5 Å². The van der Waals surface area contributed by atoms with Gasteiger partial charge in [-0.15, -0.1) is 29.7 Å². The van der Waals surface area contributed by atoms with E-state index in [1.54, 1.807) is 0 Å². The van der Waals surface area contributed by atoms with Crippen molar-refractivity contribution in [1.29, 1.82) is 0 Å². The fourth-order valence-corrected chi connectivity index (χ4v) is 13.5. The predicted molar refractivity (Wildman–Crippen MR) is 368 cm³/mol. The second-order valence-corrected chi connectivity index (χ2v) is 24.1. The number of aromatic nitrogens is 6. The molecule has 0 spiro atoms. The van der Waals surface area contributed by atoms with Gasteiger partial charge in [0.15, 0.2) is 0 Å². The van der Waals surface area contributed by atoms with Crippen molar-refractivity contribution < 1.29 is 33.1 Å². The number of rotatable bonds is 11. The fraction of sp³-hybridized carbons (Fsp3) is 0.0602. The molecule has 17 rings (SSSR count). The molecule has 7 nitrogen and oxygen atoms in total. The van der Waals surface area contributed by atoms with Crippen LogP contribution in [0.5, 0.6) is 11.5 Å². The van der Waals surface area contributed by atoms with Gasteiger partial charge in [0.2, 0.25) is 0 Å². The summed E-state index contributed by atoms with van der Waals surface area (Å²) in [6.07, 6.45) is 3.79. The molecule has 5 aromatic heterocycles. The molecule has 17 aromatic rings. The average molecular weight is 1350 g/mol. The topological polar surface area (TPSA) is 45.7 Å². The summed E-state index contributed by atoms with van der Waals surface area (Å²) >= 11 is 0. The summed E-state index contributed by atoms with van der Waals surface area (Å²) in [6.45, 7) is 5.92. The maximum atomic E-state index is 10.3. The number of ether oxygens (including phenoxy) is 1. The third-order valence-corrected chi connectivity index (χ3v) is 17.3. The van der Waals surface area contributed by atoms with Crippen LogP contribution in [0.2, 0.25) is 0 Å². The van der Waals surface area contributed by atoms with E-state index in [0.717, 1.165) is 127 Å². The number of benzene rings is 12. The van der Waals surface area contributed by atoms with Gasteiger partial charge in [-0.25, -0.2) is 4.98 Å². The van der Waals surface area contributed by atoms with Crippen LogP contribution >= 0.6 is 0 Å². The fourth-order valence-electron chi connectivity index (χ4n) is 13.5. The summed E-state index contributed by atoms with van der Waals surface area (Å²) in [4.78, 5) is 5.40. The Morgan fingerprint density at radius 1 is 0.429 bits per heavy atom. The van der Waals surface area contributed by atoms with Crippen molar-refractivity contribution >= 4 is 76.5 Å². The van der Waals surface area contributed by atoms with E-state index in [1.807, 2.05) is 81.6 Å². The second kappa shape index (κ2) is 22.3. The standard InChI is InChI=1S/C83H58N6O.Pt/c1-83(2,3)52-58-48-81(84-53-72(58)57-46-60(87-73-37-15-10-30-66(73)67-31-11-16-38-74(67)87)49-61(47-57)88-75-39-17-12-32-68(75)69-33-13-18-40-76(69)88)89-77-41-19-14-34-70(77)71-45-44-63(51-80(71)89)90-62-29-22-28-59(50-62)85-54-86(79-43-21-20-42-78(79)85)82-64(55-24-6-4-7-25-55)35-23-36-65(82)56-26-8-5-9-27-56;/h4-49,53H,52H2,1-3H3;/q-2;/i52D2;. The van der Waals surface area contributed by atoms with Gasteiger partial charge < -0.3 is 23.0 Å². The van der Waals surface area contributed by atoms with E-state index in [4.69, 9.17) is 9.72 Å². The van der Waals surface area contributed by atoms with Crippen LogP contribution in [0.1, 0.15) is 29.1 Å². The summed E-state index contributed by atoms with van der Waals surface area (Å²) in [5.74, 6) is 1.54. The van der Waals surface area contributed by atoms with E-state index < -0.39 is 11.8 Å². The molecule has 0 saturated carbocycles. The molecule has 0 N–H and O–H groups in total. The number of para-hydroxylation sites is 8. The van der Waals surface area contributed by atoms with Crippen molar-refractivity contribution in [2.24, 2.45) is 5.41 Å². The molecule has 0 fully saturated rings. The molecule has 0 atom stereocenters. The minimum atomic E-state index is -1.87. The van der Waals surface area contributed by atoms with E-state index in [0.29, 0.717) is 28.4 Å². The zero-order valence-corrected chi connectivity index (χ0v) is 52.3. The van der Waals surface area contributed by atoms with Gasteiger partial charge >= 0.3 is 0 Å². The molecule has 438 valence electrons. The minimum absolute atomic E-state index is 0. The second-order valence-electron chi connectivity index (χ2n) is 24.1. The van der Waals surface area contributed by atoms with E-state index >= 15 is 0 Å². The number of hydrogen-bond donors (Lipinski definition) is 0. The number of imidazole rings is 1. The smallest absolute Gasteiger partial charge is 0.268 e. The molecule has 0 radical (unpaired) electrons. The molecule has 0 bridgehead atoms. The van der Waals surface area contributed by atoms with E-state index in [2.05, 4.69) is 266 Å². The van der Waals surface area contributed by atoms with E-state index in [1.165, 1.54) is 0 Å². The molecule has 5 heterocycles. The Labute approximate surface area is 544 Å². The SMILES string of the molecule is [2H]C([2H])(c1cc(-n2c3[c-]c(Oc4[c-]c(-n5[c-][n+](-c6c(-c7ccccc7)cccc6-c6ccccc6)c6ccccc65)ccc4)ccc3c3ccccc32)ncc1-c1cc(-n2c3ccccc3c3ccccc32)cc(-n2c3ccccc3c3ccccc32)c1)C(C)(C)C.[Pt]. The van der Waals surface area contributed by atoms with Crippen LogP contribution in [-0.2, 0) is 27.4 Å². The van der Waals surface area contributed by atoms with Gasteiger partial charge in [0.05, 0.1) is 38.8 Å². The summed E-state index contributed by atoms with van der Waals surface area (Å²) in [7, 11) is 0. The minimum Gasteiger partial charge on any atom is -0.510 e. The van der Waals surface area contributed by atoms with Crippen molar-refractivity contribution in [2.45, 2.75) is 27.1 Å². The normalized spacial score (nSPS) is 12.3. The van der Waals surface area contributed by atoms with Crippen LogP contribution in [0.25, 0.3) is 138 Å². The molecule has 0 aliphatic rings. The zero-order valence-electron chi connectivity index (χ0n) is 52.0. The summed E-state index contributed by atoms with van der Waals surface area (Å²) in [5.41, 5.74) is 17.1. The largest absolute Gasteiger partial charge is 0.510 e. The van der Waals surface area contributed by atoms with Crippen molar-refractivity contribution in [3.8, 4) is 73.4 Å². The van der Waals surface area contributed by atoms with Crippen LogP contribution in [0.4, 0.5) is 0 Å². The summed E-state index contributed by atoms with van der Waals surface area (Å²) in [5, 5.41) is 6.58. The third kappa shape index (κ3) is 9.55. The molecule has 0 amide bonds. The van der Waals surface area contributed by atoms with Gasteiger partial charge in [-0.2, -0.15) is 18.2 Å². The Bertz CT molecular complexity index is 5480. The van der Waals surface area contributed by atoms with Crippen LogP contribution in [-0.4, -0.2) is 23.3 Å². The Hall–Kier alpha value is -10.9. The van der Waals surface area contributed by atoms with Crippen LogP contribution < -0.4 is 9.30 Å². The molecular weight excluding hydrogens is 1290 g/mol. The molecule has 8 heteroatoms. The number of nitrogens with zero attached hydrogens (tertiary/aromatic N) is 6. The number of pyridine rings is 1. The van der Waals surface area contributed by atoms with Gasteiger partial charge in [-0.05, 0) is 111 Å². The Kier molecular flexibility index (Phi) is 13.1. The Morgan fingerprint density at radius 3 is 1.45 bits per heavy atom. The zero-order chi connectivity index (χ0) is 61.8. The Morgan fingerprint density at radius 2 is 0.901 bits per heavy atom. The van der Waals surface area contributed by atoms with Gasteiger partial charge in [-0.1, -0.05) is 220 Å². The summed E-state index contributed by atoms with van der Waals surface area (Å²) in [6, 6.07) is 104. The van der Waals surface area contributed by atoms with E-state index in [9.17, 15) is 2.74 Å². The van der Waals surface area contributed by atoms with Crippen molar-refractivity contribution in [3.05, 3.63) is 309 Å². The molecule has 12 aromatic carbocycles. The first-order valence-electron chi connectivity index (χ1n) is 31.5. The molecule has 0 aliphatic heterocycles. The van der Waals surface area contributed by atoms with Crippen molar-refractivity contribution in [3.63, 3.8) is 0 Å². The van der Waals surface area contributed by atoms with Crippen molar-refractivity contribution in [1.82, 2.24) is 23.3 Å². The maximum absolute atomic E-state index is 10.3. The molecule has 91 heavy (non-hydrogen) atoms. The maximum Gasteiger partial charge on any atom is 0.268 e. The van der Waals surface area contributed by atoms with E-state index in [-0.39, 0.29) is 21.1 Å².